The summed E-state index contributed by atoms with van der Waals surface area (Å²) in [5.74, 6) is -0.750. The van der Waals surface area contributed by atoms with Gasteiger partial charge in [0, 0.05) is 48.0 Å². The number of aromatic amines is 1. The molecule has 184 valence electrons. The van der Waals surface area contributed by atoms with Crippen LogP contribution in [0.25, 0.3) is 16.7 Å². The number of aliphatic hydroxyl groups excluding tert-OH is 1. The van der Waals surface area contributed by atoms with E-state index in [1.54, 1.807) is 30.2 Å². The number of ketones is 1. The number of carbonyl (C=O) groups is 2. The van der Waals surface area contributed by atoms with E-state index in [-0.39, 0.29) is 11.3 Å². The molecule has 2 aromatic carbocycles. The Balaban J connectivity index is 1.87. The molecule has 0 aliphatic carbocycles. The first-order valence-electron chi connectivity index (χ1n) is 12.0. The van der Waals surface area contributed by atoms with Crippen molar-refractivity contribution in [2.45, 2.75) is 39.7 Å². The maximum absolute atomic E-state index is 13.3. The largest absolute Gasteiger partial charge is 0.507 e. The molecule has 7 nitrogen and oxygen atoms in total. The molecule has 1 aromatic heterocycles. The lowest BCUT2D eigenvalue weighted by Crippen LogP contribution is -2.31. The second kappa shape index (κ2) is 10.4. The number of para-hydroxylation sites is 1. The molecule has 1 aliphatic heterocycles. The number of likely N-dealkylation sites (tertiary alicyclic amines) is 1. The van der Waals surface area contributed by atoms with Gasteiger partial charge in [0.05, 0.1) is 18.2 Å². The van der Waals surface area contributed by atoms with Crippen LogP contribution in [-0.2, 0) is 14.3 Å². The second-order valence-corrected chi connectivity index (χ2v) is 8.88. The van der Waals surface area contributed by atoms with E-state index >= 15 is 0 Å². The number of nitrogens with one attached hydrogen (secondary N) is 1. The van der Waals surface area contributed by atoms with Gasteiger partial charge in [0.1, 0.15) is 11.5 Å². The fraction of sp³-hybridized carbons (Fsp3) is 0.357. The number of carbonyl (C=O) groups excluding carboxylic acids is 2. The number of hydrogen-bond acceptors (Lipinski definition) is 5. The highest BCUT2D eigenvalue weighted by Crippen LogP contribution is 2.43. The predicted octanol–water partition coefficient (Wildman–Crippen LogP) is 5.03. The van der Waals surface area contributed by atoms with E-state index < -0.39 is 17.7 Å². The first-order valence-corrected chi connectivity index (χ1v) is 12.0. The van der Waals surface area contributed by atoms with E-state index in [0.29, 0.717) is 31.7 Å². The van der Waals surface area contributed by atoms with Crippen molar-refractivity contribution in [1.29, 1.82) is 0 Å². The number of amides is 1. The Labute approximate surface area is 205 Å². The molecule has 0 spiro atoms. The van der Waals surface area contributed by atoms with E-state index in [4.69, 9.17) is 9.47 Å². The lowest BCUT2D eigenvalue weighted by molar-refractivity contribution is -0.140. The summed E-state index contributed by atoms with van der Waals surface area (Å²) >= 11 is 0. The van der Waals surface area contributed by atoms with E-state index in [1.165, 1.54) is 0 Å². The molecule has 4 rings (SSSR count). The molecule has 1 unspecified atom stereocenters. The van der Waals surface area contributed by atoms with Crippen molar-refractivity contribution in [3.8, 4) is 5.75 Å². The molecule has 1 aliphatic rings. The van der Waals surface area contributed by atoms with Crippen LogP contribution in [0.4, 0.5) is 0 Å². The lowest BCUT2D eigenvalue weighted by atomic mass is 9.93. The van der Waals surface area contributed by atoms with Crippen LogP contribution in [0.1, 0.15) is 48.2 Å². The van der Waals surface area contributed by atoms with Gasteiger partial charge in [0.15, 0.2) is 0 Å². The lowest BCUT2D eigenvalue weighted by Gasteiger charge is -2.25. The number of aryl methyl sites for hydroxylation is 2. The van der Waals surface area contributed by atoms with Crippen LogP contribution < -0.4 is 4.74 Å². The molecule has 2 N–H and O–H groups in total. The molecule has 3 aromatic rings. The van der Waals surface area contributed by atoms with Gasteiger partial charge in [0.25, 0.3) is 11.7 Å². The Bertz CT molecular complexity index is 1290. The van der Waals surface area contributed by atoms with Crippen LogP contribution in [0.15, 0.2) is 48.0 Å². The third-order valence-electron chi connectivity index (χ3n) is 6.41. The molecule has 1 atom stereocenters. The van der Waals surface area contributed by atoms with Crippen LogP contribution in [0.3, 0.4) is 0 Å². The van der Waals surface area contributed by atoms with Gasteiger partial charge in [0.2, 0.25) is 0 Å². The number of hydrogen-bond donors (Lipinski definition) is 2. The molecular weight excluding hydrogens is 444 g/mol. The average Bonchev–Trinajstić information content (AvgIpc) is 3.30. The zero-order chi connectivity index (χ0) is 25.1. The van der Waals surface area contributed by atoms with Gasteiger partial charge in [-0.1, -0.05) is 25.1 Å². The quantitative estimate of drug-likeness (QED) is 0.196. The van der Waals surface area contributed by atoms with Crippen molar-refractivity contribution in [2.75, 3.05) is 26.9 Å². The van der Waals surface area contributed by atoms with Gasteiger partial charge in [-0.2, -0.15) is 0 Å². The second-order valence-electron chi connectivity index (χ2n) is 8.88. The zero-order valence-electron chi connectivity index (χ0n) is 20.7. The van der Waals surface area contributed by atoms with Gasteiger partial charge in [-0.3, -0.25) is 9.59 Å². The van der Waals surface area contributed by atoms with Gasteiger partial charge >= 0.3 is 0 Å². The summed E-state index contributed by atoms with van der Waals surface area (Å²) in [5, 5.41) is 12.3. The number of ether oxygens (including phenoxy) is 2. The molecule has 1 fully saturated rings. The summed E-state index contributed by atoms with van der Waals surface area (Å²) in [6.45, 7) is 7.25. The average molecular weight is 477 g/mol. The number of aromatic nitrogens is 1. The van der Waals surface area contributed by atoms with Crippen LogP contribution in [0.5, 0.6) is 5.75 Å². The first-order chi connectivity index (χ1) is 16.9. The summed E-state index contributed by atoms with van der Waals surface area (Å²) in [5.41, 5.74) is 4.00. The number of H-pyrrole nitrogens is 1. The summed E-state index contributed by atoms with van der Waals surface area (Å²) in [6.07, 6.45) is 1.46. The number of fused-ring (bicyclic) bond motifs is 1. The smallest absolute Gasteiger partial charge is 0.295 e. The summed E-state index contributed by atoms with van der Waals surface area (Å²) in [7, 11) is 1.60. The number of methoxy groups -OCH3 is 1. The molecule has 35 heavy (non-hydrogen) atoms. The third kappa shape index (κ3) is 4.56. The van der Waals surface area contributed by atoms with E-state index in [9.17, 15) is 14.7 Å². The van der Waals surface area contributed by atoms with Gasteiger partial charge in [-0.25, -0.2) is 0 Å². The van der Waals surface area contributed by atoms with Gasteiger partial charge in [-0.05, 0) is 56.5 Å². The number of Topliss-reactive ketones (excluding diaryl/α,β-unsaturated/α-hetero) is 1. The minimum absolute atomic E-state index is 0.0990. The van der Waals surface area contributed by atoms with Crippen LogP contribution in [0, 0.1) is 13.8 Å². The molecule has 0 saturated carbocycles. The van der Waals surface area contributed by atoms with Crippen LogP contribution >= 0.6 is 0 Å². The SMILES string of the molecule is CCCOc1ccc(/C(O)=C2\C(=O)C(=O)N(CCCOC)C2c2c(C)[nH]c3ccccc23)cc1C. The standard InChI is InChI=1S/C28H32N2O5/c1-5-14-35-22-12-11-19(16-17(22)2)26(31)24-25(30(13-8-15-34-4)28(33)27(24)32)23-18(3)29-21-10-7-6-9-20(21)23/h6-7,9-12,16,25,29,31H,5,8,13-15H2,1-4H3/b26-24+. The Morgan fingerprint density at radius 1 is 1.11 bits per heavy atom. The number of rotatable bonds is 9. The van der Waals surface area contributed by atoms with Crippen LogP contribution in [-0.4, -0.2) is 53.5 Å². The van der Waals surface area contributed by atoms with Crippen molar-refractivity contribution < 1.29 is 24.2 Å². The highest BCUT2D eigenvalue weighted by molar-refractivity contribution is 6.46. The maximum Gasteiger partial charge on any atom is 0.295 e. The van der Waals surface area contributed by atoms with Crippen molar-refractivity contribution in [3.63, 3.8) is 0 Å². The van der Waals surface area contributed by atoms with E-state index in [0.717, 1.165) is 39.9 Å². The van der Waals surface area contributed by atoms with Gasteiger partial charge in [-0.15, -0.1) is 0 Å². The van der Waals surface area contributed by atoms with Gasteiger partial charge < -0.3 is 24.5 Å². The van der Waals surface area contributed by atoms with Crippen molar-refractivity contribution in [2.24, 2.45) is 0 Å². The molecule has 0 radical (unpaired) electrons. The fourth-order valence-electron chi connectivity index (χ4n) is 4.77. The molecule has 1 amide bonds. The van der Waals surface area contributed by atoms with Crippen molar-refractivity contribution in [1.82, 2.24) is 9.88 Å². The normalized spacial score (nSPS) is 17.5. The zero-order valence-corrected chi connectivity index (χ0v) is 20.7. The summed E-state index contributed by atoms with van der Waals surface area (Å²) in [4.78, 5) is 31.5. The minimum Gasteiger partial charge on any atom is -0.507 e. The number of benzene rings is 2. The molecule has 0 bridgehead atoms. The topological polar surface area (TPSA) is 91.9 Å². The van der Waals surface area contributed by atoms with Crippen LogP contribution in [0.2, 0.25) is 0 Å². The fourth-order valence-corrected chi connectivity index (χ4v) is 4.77. The molecular formula is C28H32N2O5. The Morgan fingerprint density at radius 3 is 2.60 bits per heavy atom. The maximum atomic E-state index is 13.3. The van der Waals surface area contributed by atoms with Crippen molar-refractivity contribution in [3.05, 3.63) is 70.4 Å². The Morgan fingerprint density at radius 2 is 1.89 bits per heavy atom. The molecule has 2 heterocycles. The van der Waals surface area contributed by atoms with Crippen molar-refractivity contribution >= 4 is 28.4 Å². The molecule has 7 heteroatoms. The summed E-state index contributed by atoms with van der Waals surface area (Å²) < 4.78 is 10.9. The summed E-state index contributed by atoms with van der Waals surface area (Å²) in [6, 6.07) is 12.4. The minimum atomic E-state index is -0.709. The third-order valence-corrected chi connectivity index (χ3v) is 6.41. The van der Waals surface area contributed by atoms with E-state index in [1.807, 2.05) is 45.0 Å². The van der Waals surface area contributed by atoms with E-state index in [2.05, 4.69) is 4.98 Å². The Kier molecular flexibility index (Phi) is 7.26. The Hall–Kier alpha value is -3.58. The monoisotopic (exact) mass is 476 g/mol. The number of nitrogens with zero attached hydrogens (tertiary/aromatic N) is 1. The highest BCUT2D eigenvalue weighted by atomic mass is 16.5. The first kappa shape index (κ1) is 24.5. The number of aliphatic hydroxyl groups is 1. The highest BCUT2D eigenvalue weighted by Gasteiger charge is 2.47. The predicted molar refractivity (Wildman–Crippen MR) is 136 cm³/mol. The molecule has 1 saturated heterocycles.